The van der Waals surface area contributed by atoms with E-state index >= 15 is 0 Å². The molecular weight excluding hydrogens is 320 g/mol. The third-order valence-electron chi connectivity index (χ3n) is 3.81. The summed E-state index contributed by atoms with van der Waals surface area (Å²) in [5.74, 6) is 0.836. The second-order valence-corrected chi connectivity index (χ2v) is 6.14. The van der Waals surface area contributed by atoms with Crippen molar-refractivity contribution in [2.45, 2.75) is 33.2 Å². The molecule has 2 rings (SSSR count). The normalized spacial score (nSPS) is 12.8. The molecule has 0 bridgehead atoms. The molecule has 1 atom stereocenters. The molecule has 2 aromatic rings. The van der Waals surface area contributed by atoms with Gasteiger partial charge in [0.05, 0.1) is 6.04 Å². The van der Waals surface area contributed by atoms with E-state index in [0.717, 1.165) is 34.7 Å². The maximum Gasteiger partial charge on any atom is 0.136 e. The number of nitrogens with one attached hydrogen (secondary N) is 1. The van der Waals surface area contributed by atoms with Crippen molar-refractivity contribution in [2.24, 2.45) is 0 Å². The smallest absolute Gasteiger partial charge is 0.136 e. The highest BCUT2D eigenvalue weighted by molar-refractivity contribution is 6.30. The summed E-state index contributed by atoms with van der Waals surface area (Å²) in [6.07, 6.45) is 8.70. The first-order valence-corrected chi connectivity index (χ1v) is 8.31. The Bertz CT molecular complexity index is 741. The van der Waals surface area contributed by atoms with Gasteiger partial charge in [-0.05, 0) is 51.5 Å². The molecule has 1 aromatic carbocycles. The van der Waals surface area contributed by atoms with E-state index in [1.54, 1.807) is 0 Å². The van der Waals surface area contributed by atoms with Crippen LogP contribution in [0.15, 0.2) is 65.2 Å². The molecule has 0 aliphatic heterocycles. The third kappa shape index (κ3) is 4.87. The van der Waals surface area contributed by atoms with E-state index in [0.29, 0.717) is 5.02 Å². The topological polar surface area (TPSA) is 38.1 Å². The van der Waals surface area contributed by atoms with Gasteiger partial charge in [-0.2, -0.15) is 0 Å². The summed E-state index contributed by atoms with van der Waals surface area (Å²) in [5.41, 5.74) is 3.96. The molecule has 3 nitrogen and oxygen atoms in total. The SMILES string of the molecule is C=C(/C=C\C=C/C)C[C@@H](Nc1ccc(Cl)cc1)c1noc(C)c1C. The number of anilines is 1. The van der Waals surface area contributed by atoms with Gasteiger partial charge in [-0.15, -0.1) is 0 Å². The Labute approximate surface area is 148 Å². The van der Waals surface area contributed by atoms with Crippen LogP contribution in [0.5, 0.6) is 0 Å². The fourth-order valence-corrected chi connectivity index (χ4v) is 2.48. The van der Waals surface area contributed by atoms with Crippen molar-refractivity contribution in [2.75, 3.05) is 5.32 Å². The predicted octanol–water partition coefficient (Wildman–Crippen LogP) is 6.18. The lowest BCUT2D eigenvalue weighted by Gasteiger charge is -2.19. The molecule has 0 radical (unpaired) electrons. The number of rotatable bonds is 7. The molecule has 1 aromatic heterocycles. The van der Waals surface area contributed by atoms with Crippen molar-refractivity contribution in [1.29, 1.82) is 0 Å². The van der Waals surface area contributed by atoms with Crippen LogP contribution in [-0.2, 0) is 0 Å². The van der Waals surface area contributed by atoms with E-state index < -0.39 is 0 Å². The van der Waals surface area contributed by atoms with Crippen LogP contribution in [0.1, 0.15) is 36.4 Å². The molecule has 0 fully saturated rings. The number of aromatic nitrogens is 1. The highest BCUT2D eigenvalue weighted by Gasteiger charge is 2.20. The second kappa shape index (κ2) is 8.55. The minimum atomic E-state index is -0.0219. The van der Waals surface area contributed by atoms with Crippen LogP contribution in [0, 0.1) is 13.8 Å². The first-order chi connectivity index (χ1) is 11.5. The van der Waals surface area contributed by atoms with Crippen molar-refractivity contribution in [3.8, 4) is 0 Å². The summed E-state index contributed by atoms with van der Waals surface area (Å²) in [6.45, 7) is 10.1. The monoisotopic (exact) mass is 342 g/mol. The minimum Gasteiger partial charge on any atom is -0.376 e. The van der Waals surface area contributed by atoms with Crippen molar-refractivity contribution in [1.82, 2.24) is 5.16 Å². The summed E-state index contributed by atoms with van der Waals surface area (Å²) < 4.78 is 5.34. The number of benzene rings is 1. The van der Waals surface area contributed by atoms with E-state index in [2.05, 4.69) is 17.1 Å². The van der Waals surface area contributed by atoms with Crippen LogP contribution in [0.25, 0.3) is 0 Å². The highest BCUT2D eigenvalue weighted by atomic mass is 35.5. The average molecular weight is 343 g/mol. The third-order valence-corrected chi connectivity index (χ3v) is 4.06. The van der Waals surface area contributed by atoms with Gasteiger partial charge in [0.1, 0.15) is 11.5 Å². The lowest BCUT2D eigenvalue weighted by molar-refractivity contribution is 0.386. The van der Waals surface area contributed by atoms with Crippen LogP contribution < -0.4 is 5.32 Å². The van der Waals surface area contributed by atoms with Gasteiger partial charge in [-0.3, -0.25) is 0 Å². The highest BCUT2D eigenvalue weighted by Crippen LogP contribution is 2.29. The van der Waals surface area contributed by atoms with E-state index in [1.165, 1.54) is 0 Å². The van der Waals surface area contributed by atoms with Gasteiger partial charge < -0.3 is 9.84 Å². The summed E-state index contributed by atoms with van der Waals surface area (Å²) >= 11 is 5.96. The number of allylic oxidation sites excluding steroid dienone is 4. The van der Waals surface area contributed by atoms with Crippen molar-refractivity contribution < 1.29 is 4.52 Å². The molecule has 0 aliphatic rings. The lowest BCUT2D eigenvalue weighted by Crippen LogP contribution is -2.13. The van der Waals surface area contributed by atoms with Crippen LogP contribution in [-0.4, -0.2) is 5.16 Å². The molecule has 0 aliphatic carbocycles. The largest absolute Gasteiger partial charge is 0.376 e. The van der Waals surface area contributed by atoms with E-state index in [-0.39, 0.29) is 6.04 Å². The molecule has 1 heterocycles. The molecule has 24 heavy (non-hydrogen) atoms. The molecule has 4 heteroatoms. The number of aryl methyl sites for hydroxylation is 1. The van der Waals surface area contributed by atoms with Crippen molar-refractivity contribution in [3.05, 3.63) is 82.8 Å². The standard InChI is InChI=1S/C20H23ClN2O/c1-5-6-7-8-14(2)13-19(20-15(3)16(4)24-23-20)22-18-11-9-17(21)10-12-18/h5-12,19,22H,2,13H2,1,3-4H3/b6-5-,8-7-/t19-/m1/s1. The molecule has 0 spiro atoms. The van der Waals surface area contributed by atoms with Crippen LogP contribution >= 0.6 is 11.6 Å². The molecule has 0 saturated carbocycles. The Morgan fingerprint density at radius 3 is 2.58 bits per heavy atom. The van der Waals surface area contributed by atoms with E-state index in [1.807, 2.05) is 69.3 Å². The molecule has 0 saturated heterocycles. The van der Waals surface area contributed by atoms with E-state index in [9.17, 15) is 0 Å². The molecular formula is C20H23ClN2O. The van der Waals surface area contributed by atoms with E-state index in [4.69, 9.17) is 16.1 Å². The number of halogens is 1. The van der Waals surface area contributed by atoms with Gasteiger partial charge in [-0.25, -0.2) is 0 Å². The zero-order valence-corrected chi connectivity index (χ0v) is 15.1. The Kier molecular flexibility index (Phi) is 6.44. The fraction of sp³-hybridized carbons (Fsp3) is 0.250. The molecule has 0 unspecified atom stereocenters. The minimum absolute atomic E-state index is 0.0219. The Morgan fingerprint density at radius 1 is 1.29 bits per heavy atom. The number of nitrogens with zero attached hydrogens (tertiary/aromatic N) is 1. The second-order valence-electron chi connectivity index (χ2n) is 5.70. The number of hydrogen-bond acceptors (Lipinski definition) is 3. The van der Waals surface area contributed by atoms with Gasteiger partial charge >= 0.3 is 0 Å². The fourth-order valence-electron chi connectivity index (χ4n) is 2.36. The molecule has 0 amide bonds. The van der Waals surface area contributed by atoms with Crippen molar-refractivity contribution >= 4 is 17.3 Å². The Balaban J connectivity index is 2.22. The average Bonchev–Trinajstić information content (AvgIpc) is 2.89. The van der Waals surface area contributed by atoms with Gasteiger partial charge in [-0.1, -0.05) is 53.2 Å². The number of hydrogen-bond donors (Lipinski definition) is 1. The summed E-state index contributed by atoms with van der Waals surface area (Å²) in [6, 6.07) is 7.61. The zero-order chi connectivity index (χ0) is 17.5. The van der Waals surface area contributed by atoms with Crippen LogP contribution in [0.3, 0.4) is 0 Å². The first kappa shape index (κ1) is 18.1. The van der Waals surface area contributed by atoms with Crippen LogP contribution in [0.4, 0.5) is 5.69 Å². The summed E-state index contributed by atoms with van der Waals surface area (Å²) in [7, 11) is 0. The van der Waals surface area contributed by atoms with Gasteiger partial charge in [0.25, 0.3) is 0 Å². The maximum atomic E-state index is 5.96. The Hall–Kier alpha value is -2.26. The molecule has 1 N–H and O–H groups in total. The van der Waals surface area contributed by atoms with Crippen LogP contribution in [0.2, 0.25) is 5.02 Å². The van der Waals surface area contributed by atoms with Crippen molar-refractivity contribution in [3.63, 3.8) is 0 Å². The zero-order valence-electron chi connectivity index (χ0n) is 14.3. The van der Waals surface area contributed by atoms with Gasteiger partial charge in [0, 0.05) is 16.3 Å². The maximum absolute atomic E-state index is 5.96. The Morgan fingerprint density at radius 2 is 2.00 bits per heavy atom. The van der Waals surface area contributed by atoms with Gasteiger partial charge in [0.2, 0.25) is 0 Å². The predicted molar refractivity (Wildman–Crippen MR) is 102 cm³/mol. The first-order valence-electron chi connectivity index (χ1n) is 7.93. The molecule has 126 valence electrons. The lowest BCUT2D eigenvalue weighted by atomic mass is 10.0. The summed E-state index contributed by atoms with van der Waals surface area (Å²) in [5, 5.41) is 8.45. The quantitative estimate of drug-likeness (QED) is 0.611. The summed E-state index contributed by atoms with van der Waals surface area (Å²) in [4.78, 5) is 0. The van der Waals surface area contributed by atoms with Gasteiger partial charge in [0.15, 0.2) is 0 Å².